The zero-order chi connectivity index (χ0) is 18.3. The van der Waals surface area contributed by atoms with Gasteiger partial charge in [-0.3, -0.25) is 0 Å². The fourth-order valence-electron chi connectivity index (χ4n) is 3.47. The Balaban J connectivity index is 1.73. The molecule has 0 radical (unpaired) electrons. The number of hydrogen-bond donors (Lipinski definition) is 3. The molecule has 2 heterocycles. The Hall–Kier alpha value is -2.74. The number of anilines is 3. The second kappa shape index (κ2) is 6.53. The molecule has 0 aliphatic heterocycles. The van der Waals surface area contributed by atoms with E-state index in [-0.39, 0.29) is 17.5 Å². The van der Waals surface area contributed by atoms with Crippen LogP contribution in [0.3, 0.4) is 0 Å². The van der Waals surface area contributed by atoms with Crippen LogP contribution in [0.5, 0.6) is 0 Å². The summed E-state index contributed by atoms with van der Waals surface area (Å²) < 4.78 is 29.5. The van der Waals surface area contributed by atoms with Gasteiger partial charge in [0, 0.05) is 18.0 Å². The van der Waals surface area contributed by atoms with E-state index in [4.69, 9.17) is 11.5 Å². The lowest BCUT2D eigenvalue weighted by Crippen LogP contribution is -2.25. The van der Waals surface area contributed by atoms with E-state index in [1.165, 1.54) is 24.3 Å². The van der Waals surface area contributed by atoms with Crippen LogP contribution in [0.4, 0.5) is 26.0 Å². The average Bonchev–Trinajstić information content (AvgIpc) is 3.02. The molecule has 1 fully saturated rings. The molecule has 0 amide bonds. The highest BCUT2D eigenvalue weighted by Crippen LogP contribution is 2.33. The molecule has 5 N–H and O–H groups in total. The van der Waals surface area contributed by atoms with Crippen molar-refractivity contribution in [1.29, 1.82) is 0 Å². The van der Waals surface area contributed by atoms with Crippen LogP contribution in [0.25, 0.3) is 5.65 Å². The second-order valence-electron chi connectivity index (χ2n) is 6.75. The molecule has 1 aliphatic rings. The maximum absolute atomic E-state index is 14.0. The Bertz CT molecular complexity index is 926. The highest BCUT2D eigenvalue weighted by Gasteiger charge is 2.23. The molecule has 1 aromatic carbocycles. The van der Waals surface area contributed by atoms with Crippen molar-refractivity contribution >= 4 is 22.8 Å². The van der Waals surface area contributed by atoms with Crippen LogP contribution >= 0.6 is 0 Å². The number of hydrogen-bond acceptors (Lipinski definition) is 5. The molecule has 0 bridgehead atoms. The summed E-state index contributed by atoms with van der Waals surface area (Å²) in [6, 6.07) is 5.46. The summed E-state index contributed by atoms with van der Waals surface area (Å²) in [4.78, 5) is 4.65. The number of nitrogen functional groups attached to an aromatic ring is 1. The van der Waals surface area contributed by atoms with Gasteiger partial charge >= 0.3 is 0 Å². The van der Waals surface area contributed by atoms with Gasteiger partial charge in [-0.05, 0) is 37.8 Å². The van der Waals surface area contributed by atoms with Crippen molar-refractivity contribution in [1.82, 2.24) is 14.6 Å². The Morgan fingerprint density at radius 1 is 1.12 bits per heavy atom. The molecule has 4 rings (SSSR count). The van der Waals surface area contributed by atoms with Crippen LogP contribution < -0.4 is 16.8 Å². The van der Waals surface area contributed by atoms with Gasteiger partial charge < -0.3 is 16.8 Å². The summed E-state index contributed by atoms with van der Waals surface area (Å²) in [7, 11) is 0. The highest BCUT2D eigenvalue weighted by molar-refractivity contribution is 5.76. The molecular weight excluding hydrogens is 338 g/mol. The van der Waals surface area contributed by atoms with Gasteiger partial charge in [0.25, 0.3) is 0 Å². The predicted molar refractivity (Wildman–Crippen MR) is 96.2 cm³/mol. The van der Waals surface area contributed by atoms with Gasteiger partial charge in [-0.15, -0.1) is 5.10 Å². The third-order valence-electron chi connectivity index (χ3n) is 4.88. The number of nitrogens with zero attached hydrogens (tertiary/aromatic N) is 3. The van der Waals surface area contributed by atoms with Crippen molar-refractivity contribution in [2.75, 3.05) is 11.1 Å². The number of aromatic nitrogens is 3. The number of rotatable bonds is 3. The van der Waals surface area contributed by atoms with Gasteiger partial charge in [-0.1, -0.05) is 6.07 Å². The number of nitrogens with one attached hydrogen (secondary N) is 1. The maximum atomic E-state index is 14.0. The summed E-state index contributed by atoms with van der Waals surface area (Å²) in [5.41, 5.74) is 13.4. The van der Waals surface area contributed by atoms with Gasteiger partial charge in [0.15, 0.2) is 5.65 Å². The second-order valence-corrected chi connectivity index (χ2v) is 6.75. The Labute approximate surface area is 149 Å². The van der Waals surface area contributed by atoms with E-state index >= 15 is 0 Å². The Morgan fingerprint density at radius 2 is 1.81 bits per heavy atom. The lowest BCUT2D eigenvalue weighted by Gasteiger charge is -2.24. The van der Waals surface area contributed by atoms with Crippen molar-refractivity contribution in [3.05, 3.63) is 47.8 Å². The fraction of sp³-hybridized carbons (Fsp3) is 0.333. The zero-order valence-electron chi connectivity index (χ0n) is 14.1. The first-order valence-corrected chi connectivity index (χ1v) is 8.63. The van der Waals surface area contributed by atoms with Crippen LogP contribution in [0.1, 0.15) is 37.3 Å². The first-order valence-electron chi connectivity index (χ1n) is 8.63. The summed E-state index contributed by atoms with van der Waals surface area (Å²) in [5, 5.41) is 7.01. The summed E-state index contributed by atoms with van der Waals surface area (Å²) in [6.45, 7) is 0. The van der Waals surface area contributed by atoms with E-state index in [1.807, 2.05) is 6.20 Å². The first kappa shape index (κ1) is 16.7. The van der Waals surface area contributed by atoms with Crippen LogP contribution in [0.15, 0.2) is 30.5 Å². The van der Waals surface area contributed by atoms with E-state index < -0.39 is 11.6 Å². The monoisotopic (exact) mass is 358 g/mol. The SMILES string of the molecule is Nc1cc(Nc2c(F)cccc2F)c2nc(C3CCC(N)CC3)cn2n1. The number of fused-ring (bicyclic) bond motifs is 1. The molecule has 1 saturated carbocycles. The highest BCUT2D eigenvalue weighted by atomic mass is 19.1. The van der Waals surface area contributed by atoms with Crippen molar-refractivity contribution in [3.63, 3.8) is 0 Å². The molecule has 2 aromatic heterocycles. The molecule has 0 saturated heterocycles. The normalized spacial score (nSPS) is 20.4. The van der Waals surface area contributed by atoms with Gasteiger partial charge in [-0.2, -0.15) is 0 Å². The topological polar surface area (TPSA) is 94.3 Å². The smallest absolute Gasteiger partial charge is 0.177 e. The van der Waals surface area contributed by atoms with Crippen LogP contribution in [0.2, 0.25) is 0 Å². The third kappa shape index (κ3) is 3.08. The largest absolute Gasteiger partial charge is 0.382 e. The number of para-hydroxylation sites is 1. The molecule has 1 aliphatic carbocycles. The zero-order valence-corrected chi connectivity index (χ0v) is 14.1. The van der Waals surface area contributed by atoms with Gasteiger partial charge in [0.05, 0.1) is 17.6 Å². The van der Waals surface area contributed by atoms with E-state index in [0.29, 0.717) is 17.3 Å². The quantitative estimate of drug-likeness (QED) is 0.668. The van der Waals surface area contributed by atoms with Crippen molar-refractivity contribution in [2.24, 2.45) is 5.73 Å². The number of benzene rings is 1. The number of imidazole rings is 1. The van der Waals surface area contributed by atoms with Crippen LogP contribution in [-0.2, 0) is 0 Å². The molecule has 0 atom stereocenters. The standard InChI is InChI=1S/C18H20F2N6/c19-12-2-1-3-13(20)17(12)23-14-8-16(22)25-26-9-15(24-18(14)26)10-4-6-11(21)7-5-10/h1-3,8-11,23H,4-7,21H2,(H2,22,25). The summed E-state index contributed by atoms with van der Waals surface area (Å²) >= 11 is 0. The lowest BCUT2D eigenvalue weighted by atomic mass is 9.85. The van der Waals surface area contributed by atoms with Gasteiger partial charge in [0.1, 0.15) is 23.1 Å². The Morgan fingerprint density at radius 3 is 2.50 bits per heavy atom. The predicted octanol–water partition coefficient (Wildman–Crippen LogP) is 3.32. The van der Waals surface area contributed by atoms with Gasteiger partial charge in [0.2, 0.25) is 0 Å². The van der Waals surface area contributed by atoms with E-state index in [0.717, 1.165) is 31.4 Å². The Kier molecular flexibility index (Phi) is 4.20. The van der Waals surface area contributed by atoms with E-state index in [9.17, 15) is 8.78 Å². The lowest BCUT2D eigenvalue weighted by molar-refractivity contribution is 0.391. The minimum atomic E-state index is -0.688. The van der Waals surface area contributed by atoms with Crippen molar-refractivity contribution < 1.29 is 8.78 Å². The van der Waals surface area contributed by atoms with Gasteiger partial charge in [-0.25, -0.2) is 18.3 Å². The molecule has 3 aromatic rings. The summed E-state index contributed by atoms with van der Waals surface area (Å²) in [5.74, 6) is -0.847. The molecule has 0 unspecified atom stereocenters. The molecule has 8 heteroatoms. The fourth-order valence-corrected chi connectivity index (χ4v) is 3.47. The minimum absolute atomic E-state index is 0.228. The molecular formula is C18H20F2N6. The van der Waals surface area contributed by atoms with E-state index in [1.54, 1.807) is 4.52 Å². The maximum Gasteiger partial charge on any atom is 0.177 e. The average molecular weight is 358 g/mol. The number of halogens is 2. The molecule has 136 valence electrons. The number of nitrogens with two attached hydrogens (primary N) is 2. The molecule has 0 spiro atoms. The van der Waals surface area contributed by atoms with Crippen LogP contribution in [0, 0.1) is 11.6 Å². The first-order chi connectivity index (χ1) is 12.5. The molecule has 6 nitrogen and oxygen atoms in total. The van der Waals surface area contributed by atoms with Crippen molar-refractivity contribution in [2.45, 2.75) is 37.6 Å². The minimum Gasteiger partial charge on any atom is -0.382 e. The van der Waals surface area contributed by atoms with Crippen molar-refractivity contribution in [3.8, 4) is 0 Å². The molecule has 26 heavy (non-hydrogen) atoms. The summed E-state index contributed by atoms with van der Waals surface area (Å²) in [6.07, 6.45) is 5.67. The van der Waals surface area contributed by atoms with E-state index in [2.05, 4.69) is 15.4 Å². The van der Waals surface area contributed by atoms with Crippen LogP contribution in [-0.4, -0.2) is 20.6 Å². The third-order valence-corrected chi connectivity index (χ3v) is 4.88.